The molecule has 0 unspecified atom stereocenters. The Bertz CT molecular complexity index is 2620. The van der Waals surface area contributed by atoms with Crippen LogP contribution in [0.2, 0.25) is 0 Å². The molecule has 6 aromatic rings. The molecular weight excluding hydrogens is 1030 g/mol. The van der Waals surface area contributed by atoms with Crippen molar-refractivity contribution in [3.05, 3.63) is 177 Å². The van der Waals surface area contributed by atoms with Crippen LogP contribution >= 0.6 is 0 Å². The molecule has 0 atom stereocenters. The lowest BCUT2D eigenvalue weighted by Crippen LogP contribution is -2.81. The van der Waals surface area contributed by atoms with Gasteiger partial charge in [-0.1, -0.05) is 95.0 Å². The molecule has 0 aliphatic heterocycles. The van der Waals surface area contributed by atoms with Gasteiger partial charge in [0.25, 0.3) is 0 Å². The van der Waals surface area contributed by atoms with Gasteiger partial charge in [0.2, 0.25) is 0 Å². The van der Waals surface area contributed by atoms with Gasteiger partial charge < -0.3 is 0 Å². The Morgan fingerprint density at radius 3 is 1.09 bits per heavy atom. The Hall–Kier alpha value is -6.16. The molecule has 0 amide bonds. The summed E-state index contributed by atoms with van der Waals surface area (Å²) in [4.78, 5) is 4.73. The first-order valence-corrected chi connectivity index (χ1v) is 23.2. The van der Waals surface area contributed by atoms with Gasteiger partial charge in [-0.25, -0.2) is 92.8 Å². The van der Waals surface area contributed by atoms with Crippen molar-refractivity contribution < 1.29 is 92.4 Å². The lowest BCUT2D eigenvalue weighted by Gasteiger charge is -2.44. The SMILES string of the molecule is CCCCCCCCCCC1CCC(c2c[n+](Cc3ccccc3)ccn2)CC1.Fc1c(F)c(F)c([B-](c2c(F)c(F)c(F)c(F)c2F)(c2c(F)c(F)c(F)c(F)c2F)c2c(F)c(F)c(F)c(F)c2F)c(F)c1F. The zero-order valence-electron chi connectivity index (χ0n) is 38.7. The van der Waals surface area contributed by atoms with Crippen LogP contribution in [0.4, 0.5) is 87.8 Å². The van der Waals surface area contributed by atoms with E-state index in [9.17, 15) is 52.7 Å². The number of halogens is 20. The minimum absolute atomic E-state index is 0.660. The zero-order chi connectivity index (χ0) is 54.5. The second-order valence-corrected chi connectivity index (χ2v) is 17.9. The third-order valence-corrected chi connectivity index (χ3v) is 13.4. The van der Waals surface area contributed by atoms with E-state index in [0.717, 1.165) is 12.5 Å². The van der Waals surface area contributed by atoms with E-state index in [1.165, 1.54) is 94.7 Å². The fourth-order valence-corrected chi connectivity index (χ4v) is 9.74. The molecule has 2 nitrogen and oxygen atoms in total. The average molecular weight is 1070 g/mol. The number of nitrogens with zero attached hydrogens (tertiary/aromatic N) is 2. The summed E-state index contributed by atoms with van der Waals surface area (Å²) < 4.78 is 296. The van der Waals surface area contributed by atoms with Gasteiger partial charge in [0.05, 0.1) is 6.20 Å². The molecule has 1 fully saturated rings. The topological polar surface area (TPSA) is 16.8 Å². The highest BCUT2D eigenvalue weighted by atomic mass is 19.2. The molecule has 1 aliphatic carbocycles. The molecular formula is C51H41BF20N2. The van der Waals surface area contributed by atoms with Crippen LogP contribution in [0.1, 0.15) is 108 Å². The lowest BCUT2D eigenvalue weighted by molar-refractivity contribution is -0.689. The van der Waals surface area contributed by atoms with Crippen molar-refractivity contribution in [3.8, 4) is 0 Å². The molecule has 0 saturated heterocycles. The molecule has 0 radical (unpaired) electrons. The maximum atomic E-state index is 15.4. The van der Waals surface area contributed by atoms with Crippen LogP contribution in [0.3, 0.4) is 0 Å². The van der Waals surface area contributed by atoms with Crippen molar-refractivity contribution in [2.75, 3.05) is 0 Å². The van der Waals surface area contributed by atoms with Crippen LogP contribution in [0, 0.1) is 122 Å². The largest absolute Gasteiger partial charge is 0.249 e. The number of hydrogen-bond donors (Lipinski definition) is 0. The molecule has 0 N–H and O–H groups in total. The first kappa shape index (κ1) is 57.1. The second kappa shape index (κ2) is 24.0. The lowest BCUT2D eigenvalue weighted by atomic mass is 9.12. The molecule has 1 aliphatic rings. The molecule has 1 saturated carbocycles. The first-order chi connectivity index (χ1) is 35.0. The maximum absolute atomic E-state index is 15.4. The second-order valence-electron chi connectivity index (χ2n) is 17.9. The molecule has 7 rings (SSSR count). The van der Waals surface area contributed by atoms with Gasteiger partial charge in [-0.05, 0) is 31.6 Å². The molecule has 398 valence electrons. The van der Waals surface area contributed by atoms with E-state index in [1.54, 1.807) is 0 Å². The summed E-state index contributed by atoms with van der Waals surface area (Å²) in [5.41, 5.74) is -11.7. The average Bonchev–Trinajstić information content (AvgIpc) is 3.40. The van der Waals surface area contributed by atoms with Crippen molar-refractivity contribution in [2.45, 2.75) is 103 Å². The van der Waals surface area contributed by atoms with Gasteiger partial charge in [0.15, 0.2) is 88.7 Å². The predicted octanol–water partition coefficient (Wildman–Crippen LogP) is 13.1. The summed E-state index contributed by atoms with van der Waals surface area (Å²) in [6.45, 7) is 3.23. The highest BCUT2D eigenvalue weighted by molar-refractivity contribution is 7.20. The van der Waals surface area contributed by atoms with E-state index in [4.69, 9.17) is 4.98 Å². The van der Waals surface area contributed by atoms with Crippen LogP contribution < -0.4 is 26.4 Å². The van der Waals surface area contributed by atoms with Crippen molar-refractivity contribution in [3.63, 3.8) is 0 Å². The molecule has 0 spiro atoms. The van der Waals surface area contributed by atoms with Gasteiger partial charge in [-0.2, -0.15) is 4.57 Å². The smallest absolute Gasteiger partial charge is 0.200 e. The Morgan fingerprint density at radius 1 is 0.419 bits per heavy atom. The minimum atomic E-state index is -7.22. The summed E-state index contributed by atoms with van der Waals surface area (Å²) in [6.07, 6.45) is 17.5. The van der Waals surface area contributed by atoms with Crippen LogP contribution in [-0.2, 0) is 6.54 Å². The maximum Gasteiger partial charge on any atom is 0.200 e. The highest BCUT2D eigenvalue weighted by Crippen LogP contribution is 2.37. The quantitative estimate of drug-likeness (QED) is 0.0236. The van der Waals surface area contributed by atoms with Gasteiger partial charge >= 0.3 is 0 Å². The number of rotatable bonds is 16. The third-order valence-electron chi connectivity index (χ3n) is 13.4. The molecule has 23 heteroatoms. The fraction of sp³-hybridized carbons (Fsp3) is 0.333. The number of benzene rings is 5. The van der Waals surface area contributed by atoms with E-state index in [0.29, 0.717) is 5.92 Å². The zero-order valence-corrected chi connectivity index (χ0v) is 38.7. The van der Waals surface area contributed by atoms with E-state index in [2.05, 4.69) is 54.2 Å². The Morgan fingerprint density at radius 2 is 0.743 bits per heavy atom. The summed E-state index contributed by atoms with van der Waals surface area (Å²) in [5.74, 6) is -69.8. The van der Waals surface area contributed by atoms with Crippen LogP contribution in [0.15, 0.2) is 48.9 Å². The Kier molecular flexibility index (Phi) is 18.5. The summed E-state index contributed by atoms with van der Waals surface area (Å²) in [6, 6.07) is 10.7. The van der Waals surface area contributed by atoms with E-state index >= 15 is 35.1 Å². The van der Waals surface area contributed by atoms with Crippen molar-refractivity contribution in [2.24, 2.45) is 5.92 Å². The van der Waals surface area contributed by atoms with Crippen molar-refractivity contribution >= 4 is 28.0 Å². The molecule has 5 aromatic carbocycles. The predicted molar refractivity (Wildman–Crippen MR) is 231 cm³/mol. The molecule has 1 aromatic heterocycles. The van der Waals surface area contributed by atoms with E-state index in [1.807, 2.05) is 6.20 Å². The Labute approximate surface area is 410 Å². The third kappa shape index (κ3) is 10.8. The first-order valence-electron chi connectivity index (χ1n) is 23.2. The monoisotopic (exact) mass is 1070 g/mol. The standard InChI is InChI=1S/C27H41N2.C24BF20/c1-2-3-4-5-6-7-8-10-13-24-16-18-26(19-17-24)27-23-29(21-20-28-27)22-25-14-11-9-12-15-25;26-5-1(6(27)14(35)21(42)13(5)34)25(2-7(28)15(36)22(43)16(37)8(2)29,3-9(30)17(38)23(44)18(39)10(3)31)4-11(32)19(40)24(45)20(41)12(4)33/h9,11-12,14-15,20-21,23-24,26H,2-8,10,13,16-19,22H2,1H3;/q+1;-1. The van der Waals surface area contributed by atoms with Gasteiger partial charge in [0.1, 0.15) is 58.4 Å². The number of unbranched alkanes of at least 4 members (excludes halogenated alkanes) is 7. The minimum Gasteiger partial charge on any atom is -0.249 e. The van der Waals surface area contributed by atoms with E-state index < -0.39 is 144 Å². The van der Waals surface area contributed by atoms with Crippen molar-refractivity contribution in [1.29, 1.82) is 0 Å². The normalized spacial score (nSPS) is 14.9. The summed E-state index contributed by atoms with van der Waals surface area (Å²) in [5, 5.41) is 0. The van der Waals surface area contributed by atoms with Crippen LogP contribution in [-0.4, -0.2) is 11.1 Å². The summed E-state index contributed by atoms with van der Waals surface area (Å²) >= 11 is 0. The van der Waals surface area contributed by atoms with Crippen molar-refractivity contribution in [1.82, 2.24) is 4.98 Å². The number of aromatic nitrogens is 2. The van der Waals surface area contributed by atoms with Crippen LogP contribution in [0.25, 0.3) is 0 Å². The van der Waals surface area contributed by atoms with Crippen LogP contribution in [0.5, 0.6) is 0 Å². The van der Waals surface area contributed by atoms with E-state index in [-0.39, 0.29) is 0 Å². The fourth-order valence-electron chi connectivity index (χ4n) is 9.74. The molecule has 0 bridgehead atoms. The highest BCUT2D eigenvalue weighted by Gasteiger charge is 2.52. The molecule has 74 heavy (non-hydrogen) atoms. The van der Waals surface area contributed by atoms with Gasteiger partial charge in [-0.3, -0.25) is 0 Å². The molecule has 1 heterocycles. The van der Waals surface area contributed by atoms with Gasteiger partial charge in [-0.15, -0.1) is 21.9 Å². The Balaban J connectivity index is 0.000000265. The summed E-state index contributed by atoms with van der Waals surface area (Å²) in [7, 11) is 0. The number of hydrogen-bond acceptors (Lipinski definition) is 1. The van der Waals surface area contributed by atoms with Gasteiger partial charge in [0, 0.05) is 11.5 Å².